The molecule has 2 aromatic rings. The lowest BCUT2D eigenvalue weighted by atomic mass is 10.1. The van der Waals surface area contributed by atoms with Crippen molar-refractivity contribution in [2.45, 2.75) is 6.42 Å². The van der Waals surface area contributed by atoms with E-state index in [1.54, 1.807) is 18.2 Å². The van der Waals surface area contributed by atoms with E-state index in [0.717, 1.165) is 36.4 Å². The topological polar surface area (TPSA) is 29.5 Å². The van der Waals surface area contributed by atoms with E-state index in [2.05, 4.69) is 4.90 Å². The van der Waals surface area contributed by atoms with Crippen molar-refractivity contribution in [2.75, 3.05) is 18.1 Å². The minimum atomic E-state index is 0.575. The quantitative estimate of drug-likeness (QED) is 0.780. The number of benzene rings is 2. The molecule has 1 aliphatic rings. The van der Waals surface area contributed by atoms with Crippen LogP contribution in [0.4, 0.5) is 11.4 Å². The fourth-order valence-corrected chi connectivity index (χ4v) is 2.76. The number of ether oxygens (including phenoxy) is 1. The highest BCUT2D eigenvalue weighted by Crippen LogP contribution is 2.40. The molecule has 0 saturated heterocycles. The highest BCUT2D eigenvalue weighted by atomic mass is 35.5. The zero-order valence-electron chi connectivity index (χ0n) is 10.9. The van der Waals surface area contributed by atoms with Gasteiger partial charge in [0.05, 0.1) is 23.0 Å². The molecule has 0 radical (unpaired) electrons. The van der Waals surface area contributed by atoms with E-state index in [1.165, 1.54) is 0 Å². The number of hydrogen-bond acceptors (Lipinski definition) is 3. The first kappa shape index (κ1) is 13.0. The highest BCUT2D eigenvalue weighted by Gasteiger charge is 2.21. The maximum atomic E-state index is 11.3. The minimum absolute atomic E-state index is 0.575. The molecule has 0 aliphatic carbocycles. The summed E-state index contributed by atoms with van der Waals surface area (Å²) in [6.07, 6.45) is 1.72. The second-order valence-corrected chi connectivity index (χ2v) is 5.02. The maximum Gasteiger partial charge on any atom is 0.152 e. The molecule has 0 amide bonds. The maximum absolute atomic E-state index is 11.3. The van der Waals surface area contributed by atoms with Gasteiger partial charge >= 0.3 is 0 Å². The van der Waals surface area contributed by atoms with Gasteiger partial charge in [-0.1, -0.05) is 29.8 Å². The zero-order chi connectivity index (χ0) is 13.9. The predicted octanol–water partition coefficient (Wildman–Crippen LogP) is 4.07. The molecular weight excluding hydrogens is 274 g/mol. The molecular formula is C16H14ClNO2. The summed E-state index contributed by atoms with van der Waals surface area (Å²) in [5, 5.41) is 0.575. The number of halogens is 1. The van der Waals surface area contributed by atoms with Gasteiger partial charge < -0.3 is 9.64 Å². The third-order valence-corrected chi connectivity index (χ3v) is 3.66. The lowest BCUT2D eigenvalue weighted by Gasteiger charge is -2.26. The highest BCUT2D eigenvalue weighted by molar-refractivity contribution is 6.34. The smallest absolute Gasteiger partial charge is 0.152 e. The van der Waals surface area contributed by atoms with Gasteiger partial charge in [-0.2, -0.15) is 0 Å². The first-order valence-corrected chi connectivity index (χ1v) is 6.92. The molecule has 0 bridgehead atoms. The first-order valence-electron chi connectivity index (χ1n) is 6.54. The molecule has 0 atom stereocenters. The van der Waals surface area contributed by atoms with Crippen molar-refractivity contribution >= 4 is 29.3 Å². The lowest BCUT2D eigenvalue weighted by Crippen LogP contribution is -2.19. The van der Waals surface area contributed by atoms with Gasteiger partial charge in [0.15, 0.2) is 6.29 Å². The van der Waals surface area contributed by atoms with Crippen molar-refractivity contribution in [3.05, 3.63) is 53.1 Å². The summed E-state index contributed by atoms with van der Waals surface area (Å²) in [7, 11) is 0. The lowest BCUT2D eigenvalue weighted by molar-refractivity contribution is 0.112. The molecule has 4 heteroatoms. The minimum Gasteiger partial charge on any atom is -0.491 e. The molecule has 0 fully saturated rings. The van der Waals surface area contributed by atoms with Crippen molar-refractivity contribution in [3.8, 4) is 5.75 Å². The van der Waals surface area contributed by atoms with E-state index < -0.39 is 0 Å². The summed E-state index contributed by atoms with van der Waals surface area (Å²) in [4.78, 5) is 13.4. The van der Waals surface area contributed by atoms with E-state index in [4.69, 9.17) is 16.3 Å². The Bertz CT molecular complexity index is 642. The second-order valence-electron chi connectivity index (χ2n) is 4.62. The van der Waals surface area contributed by atoms with Gasteiger partial charge in [-0.3, -0.25) is 4.79 Å². The summed E-state index contributed by atoms with van der Waals surface area (Å²) in [5.74, 6) is 0.821. The van der Waals surface area contributed by atoms with Crippen LogP contribution in [0, 0.1) is 0 Å². The normalized spacial score (nSPS) is 14.2. The Hall–Kier alpha value is -2.00. The van der Waals surface area contributed by atoms with Crippen LogP contribution in [0.15, 0.2) is 42.5 Å². The molecule has 102 valence electrons. The Morgan fingerprint density at radius 2 is 2.00 bits per heavy atom. The third kappa shape index (κ3) is 2.25. The Kier molecular flexibility index (Phi) is 3.61. The van der Waals surface area contributed by atoms with Gasteiger partial charge in [-0.05, 0) is 30.7 Å². The SMILES string of the molecule is O=Cc1cccc(Cl)c1N1CCCOc2ccccc21. The summed E-state index contributed by atoms with van der Waals surface area (Å²) in [6, 6.07) is 13.2. The number of aldehydes is 1. The monoisotopic (exact) mass is 287 g/mol. The molecule has 3 nitrogen and oxygen atoms in total. The van der Waals surface area contributed by atoms with Gasteiger partial charge in [0.25, 0.3) is 0 Å². The summed E-state index contributed by atoms with van der Waals surface area (Å²) in [5.41, 5.74) is 2.29. The fourth-order valence-electron chi connectivity index (χ4n) is 2.47. The number of nitrogens with zero attached hydrogens (tertiary/aromatic N) is 1. The standard InChI is InChI=1S/C16H14ClNO2/c17-13-6-3-5-12(11-19)16(13)18-9-4-10-20-15-8-2-1-7-14(15)18/h1-3,5-8,11H,4,9-10H2. The van der Waals surface area contributed by atoms with E-state index in [9.17, 15) is 4.79 Å². The van der Waals surface area contributed by atoms with Crippen LogP contribution in [0.1, 0.15) is 16.8 Å². The molecule has 0 unspecified atom stereocenters. The van der Waals surface area contributed by atoms with Crippen molar-refractivity contribution in [3.63, 3.8) is 0 Å². The number of hydrogen-bond donors (Lipinski definition) is 0. The van der Waals surface area contributed by atoms with Crippen molar-refractivity contribution in [2.24, 2.45) is 0 Å². The number of carbonyl (C=O) groups excluding carboxylic acids is 1. The van der Waals surface area contributed by atoms with Gasteiger partial charge in [0, 0.05) is 12.1 Å². The van der Waals surface area contributed by atoms with Gasteiger partial charge in [-0.25, -0.2) is 0 Å². The Labute approximate surface area is 122 Å². The van der Waals surface area contributed by atoms with E-state index in [0.29, 0.717) is 17.2 Å². The Balaban J connectivity index is 2.17. The van der Waals surface area contributed by atoms with E-state index >= 15 is 0 Å². The van der Waals surface area contributed by atoms with Crippen LogP contribution in [-0.4, -0.2) is 19.4 Å². The molecule has 2 aromatic carbocycles. The fraction of sp³-hybridized carbons (Fsp3) is 0.188. The van der Waals surface area contributed by atoms with Crippen LogP contribution in [0.25, 0.3) is 0 Å². The summed E-state index contributed by atoms with van der Waals surface area (Å²) < 4.78 is 5.74. The number of anilines is 2. The molecule has 0 spiro atoms. The van der Waals surface area contributed by atoms with Crippen LogP contribution in [-0.2, 0) is 0 Å². The molecule has 0 N–H and O–H groups in total. The van der Waals surface area contributed by atoms with Gasteiger partial charge in [0.2, 0.25) is 0 Å². The van der Waals surface area contributed by atoms with Crippen LogP contribution in [0.3, 0.4) is 0 Å². The largest absolute Gasteiger partial charge is 0.491 e. The Morgan fingerprint density at radius 1 is 1.15 bits per heavy atom. The number of rotatable bonds is 2. The average molecular weight is 288 g/mol. The van der Waals surface area contributed by atoms with Crippen molar-refractivity contribution in [1.29, 1.82) is 0 Å². The van der Waals surface area contributed by atoms with E-state index in [1.807, 2.05) is 24.3 Å². The number of para-hydroxylation sites is 3. The van der Waals surface area contributed by atoms with Crippen LogP contribution >= 0.6 is 11.6 Å². The number of carbonyl (C=O) groups is 1. The third-order valence-electron chi connectivity index (χ3n) is 3.35. The number of fused-ring (bicyclic) bond motifs is 1. The van der Waals surface area contributed by atoms with Crippen LogP contribution < -0.4 is 9.64 Å². The summed E-state index contributed by atoms with van der Waals surface area (Å²) >= 11 is 6.32. The second kappa shape index (κ2) is 5.55. The summed E-state index contributed by atoms with van der Waals surface area (Å²) in [6.45, 7) is 1.43. The van der Waals surface area contributed by atoms with Gasteiger partial charge in [-0.15, -0.1) is 0 Å². The van der Waals surface area contributed by atoms with E-state index in [-0.39, 0.29) is 0 Å². The molecule has 0 aromatic heterocycles. The molecule has 1 heterocycles. The van der Waals surface area contributed by atoms with Crippen molar-refractivity contribution < 1.29 is 9.53 Å². The van der Waals surface area contributed by atoms with Crippen LogP contribution in [0.5, 0.6) is 5.75 Å². The zero-order valence-corrected chi connectivity index (χ0v) is 11.6. The molecule has 0 saturated carbocycles. The Morgan fingerprint density at radius 3 is 2.85 bits per heavy atom. The van der Waals surface area contributed by atoms with Gasteiger partial charge in [0.1, 0.15) is 5.75 Å². The molecule has 3 rings (SSSR count). The van der Waals surface area contributed by atoms with Crippen molar-refractivity contribution in [1.82, 2.24) is 0 Å². The average Bonchev–Trinajstić information content (AvgIpc) is 2.69. The van der Waals surface area contributed by atoms with Crippen LogP contribution in [0.2, 0.25) is 5.02 Å². The molecule has 1 aliphatic heterocycles. The first-order chi connectivity index (χ1) is 9.81. The predicted molar refractivity (Wildman–Crippen MR) is 80.4 cm³/mol. The molecule has 20 heavy (non-hydrogen) atoms.